The van der Waals surface area contributed by atoms with Crippen LogP contribution in [0.4, 0.5) is 17.6 Å². The van der Waals surface area contributed by atoms with E-state index in [0.29, 0.717) is 6.54 Å². The van der Waals surface area contributed by atoms with Gasteiger partial charge in [-0.2, -0.15) is 13.8 Å². The smallest absolute Gasteiger partial charge is 0.330 e. The third-order valence-electron chi connectivity index (χ3n) is 3.86. The maximum Gasteiger partial charge on any atom is 0.330 e. The standard InChI is InChI=1S/C15H16F4N4O2/c1-8-12(10-2-3-20-4-9(10)5-21-8)13-22-11(25-23-13)6-24-7-15(18,19)14(16)17/h5,14,20H,2-4,6-7H2,1H3. The molecule has 0 saturated heterocycles. The van der Waals surface area contributed by atoms with E-state index in [1.54, 1.807) is 6.20 Å². The topological polar surface area (TPSA) is 73.1 Å². The number of hydrogen-bond acceptors (Lipinski definition) is 6. The number of fused-ring (bicyclic) bond motifs is 1. The zero-order chi connectivity index (χ0) is 18.0. The van der Waals surface area contributed by atoms with Gasteiger partial charge < -0.3 is 14.6 Å². The summed E-state index contributed by atoms with van der Waals surface area (Å²) in [6.45, 7) is 1.41. The number of aryl methyl sites for hydroxylation is 1. The number of alkyl halides is 4. The molecule has 1 aliphatic rings. The van der Waals surface area contributed by atoms with Crippen LogP contribution in [0.3, 0.4) is 0 Å². The fourth-order valence-electron chi connectivity index (χ4n) is 2.62. The van der Waals surface area contributed by atoms with Crippen molar-refractivity contribution in [2.45, 2.75) is 38.8 Å². The maximum absolute atomic E-state index is 12.8. The van der Waals surface area contributed by atoms with Gasteiger partial charge in [0, 0.05) is 24.0 Å². The molecule has 0 radical (unpaired) electrons. The Balaban J connectivity index is 1.74. The number of hydrogen-bond donors (Lipinski definition) is 1. The third kappa shape index (κ3) is 3.79. The van der Waals surface area contributed by atoms with Crippen molar-refractivity contribution < 1.29 is 26.8 Å². The number of rotatable bonds is 6. The van der Waals surface area contributed by atoms with Gasteiger partial charge in [0.15, 0.2) is 0 Å². The van der Waals surface area contributed by atoms with Crippen LogP contribution in [0.1, 0.15) is 22.7 Å². The summed E-state index contributed by atoms with van der Waals surface area (Å²) < 4.78 is 59.3. The van der Waals surface area contributed by atoms with Gasteiger partial charge in [0.2, 0.25) is 5.82 Å². The molecule has 3 heterocycles. The minimum absolute atomic E-state index is 0.0639. The van der Waals surface area contributed by atoms with Gasteiger partial charge in [-0.25, -0.2) is 8.78 Å². The van der Waals surface area contributed by atoms with Crippen LogP contribution >= 0.6 is 0 Å². The second kappa shape index (κ2) is 7.04. The second-order valence-electron chi connectivity index (χ2n) is 5.72. The van der Waals surface area contributed by atoms with Gasteiger partial charge in [0.1, 0.15) is 13.2 Å². The molecule has 0 fully saturated rings. The van der Waals surface area contributed by atoms with Crippen LogP contribution in [0.2, 0.25) is 0 Å². The van der Waals surface area contributed by atoms with Gasteiger partial charge in [0.05, 0.1) is 0 Å². The van der Waals surface area contributed by atoms with Crippen molar-refractivity contribution in [3.05, 3.63) is 28.9 Å². The van der Waals surface area contributed by atoms with E-state index >= 15 is 0 Å². The van der Waals surface area contributed by atoms with Gasteiger partial charge in [-0.1, -0.05) is 5.16 Å². The highest BCUT2D eigenvalue weighted by Crippen LogP contribution is 2.29. The van der Waals surface area contributed by atoms with Gasteiger partial charge >= 0.3 is 12.3 Å². The van der Waals surface area contributed by atoms with Crippen LogP contribution in [0.5, 0.6) is 0 Å². The molecule has 0 saturated carbocycles. The molecule has 25 heavy (non-hydrogen) atoms. The highest BCUT2D eigenvalue weighted by Gasteiger charge is 2.41. The summed E-state index contributed by atoms with van der Waals surface area (Å²) in [5.41, 5.74) is 3.56. The van der Waals surface area contributed by atoms with Crippen LogP contribution in [-0.4, -0.2) is 40.6 Å². The summed E-state index contributed by atoms with van der Waals surface area (Å²) in [7, 11) is 0. The number of halogens is 4. The van der Waals surface area contributed by atoms with Crippen LogP contribution in [-0.2, 0) is 24.3 Å². The Kier molecular flexibility index (Phi) is 5.00. The lowest BCUT2D eigenvalue weighted by atomic mass is 9.95. The third-order valence-corrected chi connectivity index (χ3v) is 3.86. The van der Waals surface area contributed by atoms with Gasteiger partial charge in [-0.15, -0.1) is 0 Å². The molecule has 2 aromatic heterocycles. The highest BCUT2D eigenvalue weighted by atomic mass is 19.3. The maximum atomic E-state index is 12.8. The molecular weight excluding hydrogens is 344 g/mol. The molecule has 2 aromatic rings. The molecule has 0 amide bonds. The largest absolute Gasteiger partial charge is 0.365 e. The molecule has 0 aromatic carbocycles. The predicted octanol–water partition coefficient (Wildman–Crippen LogP) is 2.50. The number of pyridine rings is 1. The zero-order valence-corrected chi connectivity index (χ0v) is 13.4. The molecule has 3 rings (SSSR count). The number of nitrogens with zero attached hydrogens (tertiary/aromatic N) is 3. The van der Waals surface area contributed by atoms with Crippen LogP contribution < -0.4 is 5.32 Å². The number of nitrogens with one attached hydrogen (secondary N) is 1. The minimum Gasteiger partial charge on any atom is -0.365 e. The van der Waals surface area contributed by atoms with Crippen LogP contribution in [0.15, 0.2) is 10.7 Å². The quantitative estimate of drug-likeness (QED) is 0.798. The van der Waals surface area contributed by atoms with E-state index < -0.39 is 25.6 Å². The molecule has 0 unspecified atom stereocenters. The molecule has 1 aliphatic heterocycles. The van der Waals surface area contributed by atoms with E-state index in [-0.39, 0.29) is 11.7 Å². The lowest BCUT2D eigenvalue weighted by Crippen LogP contribution is -2.32. The number of aromatic nitrogens is 3. The summed E-state index contributed by atoms with van der Waals surface area (Å²) >= 11 is 0. The average Bonchev–Trinajstić information content (AvgIpc) is 3.02. The Morgan fingerprint density at radius 3 is 2.96 bits per heavy atom. The summed E-state index contributed by atoms with van der Waals surface area (Å²) in [5, 5.41) is 7.08. The summed E-state index contributed by atoms with van der Waals surface area (Å²) in [6, 6.07) is 0. The molecule has 10 heteroatoms. The first kappa shape index (κ1) is 17.7. The van der Waals surface area contributed by atoms with Crippen molar-refractivity contribution in [3.8, 4) is 11.4 Å². The predicted molar refractivity (Wildman–Crippen MR) is 78.3 cm³/mol. The van der Waals surface area contributed by atoms with Gasteiger partial charge in [-0.05, 0) is 31.0 Å². The molecule has 0 aliphatic carbocycles. The minimum atomic E-state index is -4.21. The molecule has 6 nitrogen and oxygen atoms in total. The molecule has 0 atom stereocenters. The van der Waals surface area contributed by atoms with Crippen molar-refractivity contribution in [2.75, 3.05) is 13.2 Å². The van der Waals surface area contributed by atoms with Crippen molar-refractivity contribution in [2.24, 2.45) is 0 Å². The summed E-state index contributed by atoms with van der Waals surface area (Å²) in [6.07, 6.45) is -1.23. The van der Waals surface area contributed by atoms with Crippen molar-refractivity contribution in [1.29, 1.82) is 0 Å². The fourth-order valence-corrected chi connectivity index (χ4v) is 2.62. The van der Waals surface area contributed by atoms with E-state index in [1.807, 2.05) is 6.92 Å². The first-order valence-corrected chi connectivity index (χ1v) is 7.63. The molecular formula is C15H16F4N4O2. The molecule has 0 bridgehead atoms. The van der Waals surface area contributed by atoms with Crippen molar-refractivity contribution in [1.82, 2.24) is 20.4 Å². The molecule has 0 spiro atoms. The van der Waals surface area contributed by atoms with Crippen LogP contribution in [0.25, 0.3) is 11.4 Å². The molecule has 136 valence electrons. The first-order chi connectivity index (χ1) is 11.9. The van der Waals surface area contributed by atoms with Crippen molar-refractivity contribution >= 4 is 0 Å². The van der Waals surface area contributed by atoms with Gasteiger partial charge in [-0.3, -0.25) is 4.98 Å². The second-order valence-corrected chi connectivity index (χ2v) is 5.72. The lowest BCUT2D eigenvalue weighted by Gasteiger charge is -2.19. The Bertz CT molecular complexity index is 751. The molecule has 1 N–H and O–H groups in total. The van der Waals surface area contributed by atoms with Crippen LogP contribution in [0, 0.1) is 6.92 Å². The summed E-state index contributed by atoms with van der Waals surface area (Å²) in [5.74, 6) is -4.00. The first-order valence-electron chi connectivity index (χ1n) is 7.63. The Morgan fingerprint density at radius 2 is 2.20 bits per heavy atom. The number of ether oxygens (including phenoxy) is 1. The van der Waals surface area contributed by atoms with Crippen molar-refractivity contribution in [3.63, 3.8) is 0 Å². The van der Waals surface area contributed by atoms with E-state index in [9.17, 15) is 17.6 Å². The van der Waals surface area contributed by atoms with E-state index in [1.165, 1.54) is 0 Å². The monoisotopic (exact) mass is 360 g/mol. The van der Waals surface area contributed by atoms with E-state index in [2.05, 4.69) is 25.2 Å². The lowest BCUT2D eigenvalue weighted by molar-refractivity contribution is -0.169. The SMILES string of the molecule is Cc1ncc2c(c1-c1noc(COCC(F)(F)C(F)F)n1)CCNC2. The zero-order valence-electron chi connectivity index (χ0n) is 13.4. The Labute approximate surface area is 140 Å². The van der Waals surface area contributed by atoms with E-state index in [4.69, 9.17) is 4.52 Å². The summed E-state index contributed by atoms with van der Waals surface area (Å²) in [4.78, 5) is 8.43. The Hall–Kier alpha value is -2.07. The Morgan fingerprint density at radius 1 is 1.40 bits per heavy atom. The fraction of sp³-hybridized carbons (Fsp3) is 0.533. The average molecular weight is 360 g/mol. The highest BCUT2D eigenvalue weighted by molar-refractivity contribution is 5.64. The normalized spacial score (nSPS) is 14.8. The van der Waals surface area contributed by atoms with Gasteiger partial charge in [0.25, 0.3) is 5.89 Å². The van der Waals surface area contributed by atoms with E-state index in [0.717, 1.165) is 35.3 Å².